The van der Waals surface area contributed by atoms with Crippen molar-refractivity contribution in [3.63, 3.8) is 0 Å². The maximum atomic E-state index is 13.0. The lowest BCUT2D eigenvalue weighted by atomic mass is 10.1. The maximum Gasteiger partial charge on any atom is 0.418 e. The van der Waals surface area contributed by atoms with E-state index in [4.69, 9.17) is 16.3 Å². The first-order valence-electron chi connectivity index (χ1n) is 6.73. The Morgan fingerprint density at radius 1 is 1.21 bits per heavy atom. The van der Waals surface area contributed by atoms with E-state index >= 15 is 0 Å². The van der Waals surface area contributed by atoms with Gasteiger partial charge in [-0.25, -0.2) is 0 Å². The van der Waals surface area contributed by atoms with Crippen LogP contribution in [0, 0.1) is 0 Å². The predicted molar refractivity (Wildman–Crippen MR) is 88.8 cm³/mol. The first-order chi connectivity index (χ1) is 11.3. The summed E-state index contributed by atoms with van der Waals surface area (Å²) in [5.41, 5.74) is -1.29. The molecule has 2 rings (SSSR count). The lowest BCUT2D eigenvalue weighted by Gasteiger charge is -2.14. The summed E-state index contributed by atoms with van der Waals surface area (Å²) in [4.78, 5) is 12.7. The minimum Gasteiger partial charge on any atom is -0.497 e. The maximum absolute atomic E-state index is 13.0. The van der Waals surface area contributed by atoms with Crippen molar-refractivity contribution in [3.05, 3.63) is 53.1 Å². The average molecular weight is 376 g/mol. The van der Waals surface area contributed by atoms with E-state index in [-0.39, 0.29) is 16.5 Å². The molecule has 0 saturated heterocycles. The number of hydrogen-bond donors (Lipinski definition) is 1. The molecule has 8 heteroatoms. The fraction of sp³-hybridized carbons (Fsp3) is 0.188. The van der Waals surface area contributed by atoms with Crippen LogP contribution in [0.5, 0.6) is 5.75 Å². The van der Waals surface area contributed by atoms with Crippen molar-refractivity contribution in [2.45, 2.75) is 11.1 Å². The minimum atomic E-state index is -4.60. The summed E-state index contributed by atoms with van der Waals surface area (Å²) in [7, 11) is 1.54. The third kappa shape index (κ3) is 5.07. The van der Waals surface area contributed by atoms with Gasteiger partial charge < -0.3 is 10.1 Å². The molecule has 0 saturated carbocycles. The van der Waals surface area contributed by atoms with Gasteiger partial charge in [-0.3, -0.25) is 4.79 Å². The molecular formula is C16H13ClF3NO2S. The molecule has 24 heavy (non-hydrogen) atoms. The summed E-state index contributed by atoms with van der Waals surface area (Å²) >= 11 is 6.81. The average Bonchev–Trinajstić information content (AvgIpc) is 2.54. The Balaban J connectivity index is 2.02. The number of rotatable bonds is 5. The molecule has 3 nitrogen and oxygen atoms in total. The lowest BCUT2D eigenvalue weighted by molar-refractivity contribution is -0.137. The van der Waals surface area contributed by atoms with Crippen molar-refractivity contribution >= 4 is 35.0 Å². The van der Waals surface area contributed by atoms with Crippen LogP contribution in [0.25, 0.3) is 0 Å². The standard InChI is InChI=1S/C16H13ClF3NO2S/c1-23-11-3-5-12(6-4-11)24-9-15(22)21-14-7-2-10(17)8-13(14)16(18,19)20/h2-8H,9H2,1H3,(H,21,22). The molecule has 2 aromatic carbocycles. The molecule has 1 amide bonds. The van der Waals surface area contributed by atoms with Crippen LogP contribution in [0.15, 0.2) is 47.4 Å². The van der Waals surface area contributed by atoms with Gasteiger partial charge in [0, 0.05) is 9.92 Å². The van der Waals surface area contributed by atoms with Gasteiger partial charge in [0.15, 0.2) is 0 Å². The van der Waals surface area contributed by atoms with Crippen LogP contribution in [0.2, 0.25) is 5.02 Å². The Morgan fingerprint density at radius 2 is 1.88 bits per heavy atom. The van der Waals surface area contributed by atoms with Crippen molar-refractivity contribution in [3.8, 4) is 5.75 Å². The van der Waals surface area contributed by atoms with Crippen molar-refractivity contribution in [2.24, 2.45) is 0 Å². The summed E-state index contributed by atoms with van der Waals surface area (Å²) in [6.07, 6.45) is -4.60. The van der Waals surface area contributed by atoms with E-state index in [0.717, 1.165) is 17.0 Å². The summed E-state index contributed by atoms with van der Waals surface area (Å²) in [6, 6.07) is 10.2. The number of amides is 1. The molecule has 0 unspecified atom stereocenters. The quantitative estimate of drug-likeness (QED) is 0.739. The van der Waals surface area contributed by atoms with E-state index in [9.17, 15) is 18.0 Å². The van der Waals surface area contributed by atoms with Gasteiger partial charge in [0.2, 0.25) is 5.91 Å². The van der Waals surface area contributed by atoms with Gasteiger partial charge in [-0.1, -0.05) is 11.6 Å². The monoisotopic (exact) mass is 375 g/mol. The first kappa shape index (κ1) is 18.5. The number of hydrogen-bond acceptors (Lipinski definition) is 3. The third-order valence-corrected chi connectivity index (χ3v) is 4.24. The molecular weight excluding hydrogens is 363 g/mol. The third-order valence-electron chi connectivity index (χ3n) is 2.99. The molecule has 0 bridgehead atoms. The molecule has 0 aliphatic rings. The molecule has 0 heterocycles. The van der Waals surface area contributed by atoms with Crippen molar-refractivity contribution in [1.82, 2.24) is 0 Å². The Morgan fingerprint density at radius 3 is 2.46 bits per heavy atom. The number of ether oxygens (including phenoxy) is 1. The van der Waals surface area contributed by atoms with Gasteiger partial charge >= 0.3 is 6.18 Å². The molecule has 2 aromatic rings. The summed E-state index contributed by atoms with van der Waals surface area (Å²) < 4.78 is 43.9. The second-order valence-electron chi connectivity index (χ2n) is 4.70. The molecule has 0 aliphatic heterocycles. The number of halogens is 4. The largest absolute Gasteiger partial charge is 0.497 e. The van der Waals surface area contributed by atoms with Gasteiger partial charge in [0.1, 0.15) is 5.75 Å². The minimum absolute atomic E-state index is 0.0216. The molecule has 0 aliphatic carbocycles. The molecule has 0 radical (unpaired) electrons. The van der Waals surface area contributed by atoms with E-state index in [1.54, 1.807) is 31.4 Å². The predicted octanol–water partition coefficient (Wildman–Crippen LogP) is 5.10. The van der Waals surface area contributed by atoms with Crippen LogP contribution >= 0.6 is 23.4 Å². The van der Waals surface area contributed by atoms with Crippen LogP contribution in [0.3, 0.4) is 0 Å². The van der Waals surface area contributed by atoms with Gasteiger partial charge in [-0.05, 0) is 42.5 Å². The smallest absolute Gasteiger partial charge is 0.418 e. The highest BCUT2D eigenvalue weighted by atomic mass is 35.5. The van der Waals surface area contributed by atoms with E-state index in [0.29, 0.717) is 5.75 Å². The first-order valence-corrected chi connectivity index (χ1v) is 8.09. The van der Waals surface area contributed by atoms with Crippen LogP contribution in [0.1, 0.15) is 5.56 Å². The van der Waals surface area contributed by atoms with Gasteiger partial charge in [-0.2, -0.15) is 13.2 Å². The number of thioether (sulfide) groups is 1. The highest BCUT2D eigenvalue weighted by molar-refractivity contribution is 8.00. The zero-order chi connectivity index (χ0) is 17.7. The molecule has 128 valence electrons. The van der Waals surface area contributed by atoms with E-state index in [1.165, 1.54) is 17.8 Å². The Kier molecular flexibility index (Phi) is 6.01. The molecule has 0 aromatic heterocycles. The number of carbonyl (C=O) groups excluding carboxylic acids is 1. The Bertz CT molecular complexity index is 720. The van der Waals surface area contributed by atoms with E-state index in [1.807, 2.05) is 0 Å². The highest BCUT2D eigenvalue weighted by Gasteiger charge is 2.34. The van der Waals surface area contributed by atoms with Crippen molar-refractivity contribution in [1.29, 1.82) is 0 Å². The zero-order valence-electron chi connectivity index (χ0n) is 12.5. The number of nitrogens with one attached hydrogen (secondary N) is 1. The van der Waals surface area contributed by atoms with Crippen LogP contribution in [-0.2, 0) is 11.0 Å². The lowest BCUT2D eigenvalue weighted by Crippen LogP contribution is -2.18. The number of anilines is 1. The van der Waals surface area contributed by atoms with E-state index < -0.39 is 17.6 Å². The zero-order valence-corrected chi connectivity index (χ0v) is 14.1. The summed E-state index contributed by atoms with van der Waals surface area (Å²) in [6.45, 7) is 0. The van der Waals surface area contributed by atoms with Crippen LogP contribution in [-0.4, -0.2) is 18.8 Å². The Labute approximate surface area is 146 Å². The molecule has 0 fully saturated rings. The van der Waals surface area contributed by atoms with Gasteiger partial charge in [0.25, 0.3) is 0 Å². The van der Waals surface area contributed by atoms with Crippen molar-refractivity contribution < 1.29 is 22.7 Å². The SMILES string of the molecule is COc1ccc(SCC(=O)Nc2ccc(Cl)cc2C(F)(F)F)cc1. The second kappa shape index (κ2) is 7.81. The molecule has 0 atom stereocenters. The van der Waals surface area contributed by atoms with E-state index in [2.05, 4.69) is 5.32 Å². The van der Waals surface area contributed by atoms with Crippen LogP contribution in [0.4, 0.5) is 18.9 Å². The number of benzene rings is 2. The summed E-state index contributed by atoms with van der Waals surface area (Å²) in [5.74, 6) is 0.120. The van der Waals surface area contributed by atoms with Crippen LogP contribution < -0.4 is 10.1 Å². The fourth-order valence-corrected chi connectivity index (χ4v) is 2.74. The molecule has 1 N–H and O–H groups in total. The Hall–Kier alpha value is -1.86. The van der Waals surface area contributed by atoms with Gasteiger partial charge in [0.05, 0.1) is 24.1 Å². The van der Waals surface area contributed by atoms with Gasteiger partial charge in [-0.15, -0.1) is 11.8 Å². The molecule has 0 spiro atoms. The topological polar surface area (TPSA) is 38.3 Å². The number of carbonyl (C=O) groups is 1. The highest BCUT2D eigenvalue weighted by Crippen LogP contribution is 2.36. The second-order valence-corrected chi connectivity index (χ2v) is 6.19. The number of methoxy groups -OCH3 is 1. The fourth-order valence-electron chi connectivity index (χ4n) is 1.87. The summed E-state index contributed by atoms with van der Waals surface area (Å²) in [5, 5.41) is 2.23. The van der Waals surface area contributed by atoms with Crippen molar-refractivity contribution in [2.75, 3.05) is 18.2 Å². The normalized spacial score (nSPS) is 11.2. The number of alkyl halides is 3.